The molecule has 0 spiro atoms. The normalized spacial score (nSPS) is 8.91. The highest BCUT2D eigenvalue weighted by atomic mass is 32.1. The van der Waals surface area contributed by atoms with Gasteiger partial charge in [-0.15, -0.1) is 11.3 Å². The number of rotatable bonds is 1. The zero-order valence-corrected chi connectivity index (χ0v) is 6.49. The van der Waals surface area contributed by atoms with Crippen molar-refractivity contribution in [2.45, 2.75) is 6.67 Å². The lowest BCUT2D eigenvalue weighted by Gasteiger charge is -1.77. The molecule has 1 aromatic rings. The highest BCUT2D eigenvalue weighted by Gasteiger charge is 1.96. The number of hydrogen-bond acceptors (Lipinski definition) is 3. The minimum Gasteiger partial charge on any atom is -0.384 e. The lowest BCUT2D eigenvalue weighted by Crippen LogP contribution is -1.78. The molecule has 1 heterocycles. The predicted molar refractivity (Wildman–Crippen MR) is 40.9 cm³/mol. The highest BCUT2D eigenvalue weighted by Crippen LogP contribution is 2.09. The Morgan fingerprint density at radius 3 is 3.09 bits per heavy atom. The second-order valence-corrected chi connectivity index (χ2v) is 2.66. The molecule has 0 saturated carbocycles. The van der Waals surface area contributed by atoms with Crippen LogP contribution in [0, 0.1) is 11.8 Å². The molecule has 2 nitrogen and oxygen atoms in total. The third kappa shape index (κ3) is 2.30. The topological polar surface area (TPSA) is 33.1 Å². The molecule has 0 aliphatic rings. The SMILES string of the molecule is OCC#Cc1csc(CF)n1. The van der Waals surface area contributed by atoms with Crippen LogP contribution in [0.3, 0.4) is 0 Å². The molecule has 0 saturated heterocycles. The number of hydrogen-bond donors (Lipinski definition) is 1. The van der Waals surface area contributed by atoms with Gasteiger partial charge in [0, 0.05) is 5.38 Å². The molecule has 0 unspecified atom stereocenters. The maximum atomic E-state index is 11.9. The Hall–Kier alpha value is -0.920. The van der Waals surface area contributed by atoms with Gasteiger partial charge < -0.3 is 5.11 Å². The first-order valence-electron chi connectivity index (χ1n) is 2.97. The summed E-state index contributed by atoms with van der Waals surface area (Å²) < 4.78 is 11.9. The maximum absolute atomic E-state index is 11.9. The molecule has 0 radical (unpaired) electrons. The van der Waals surface area contributed by atoms with Gasteiger partial charge >= 0.3 is 0 Å². The fourth-order valence-corrected chi connectivity index (χ4v) is 1.13. The molecule has 0 aliphatic heterocycles. The van der Waals surface area contributed by atoms with Gasteiger partial charge in [0.25, 0.3) is 0 Å². The van der Waals surface area contributed by atoms with Crippen molar-refractivity contribution in [3.8, 4) is 11.8 Å². The Kier molecular flexibility index (Phi) is 3.02. The summed E-state index contributed by atoms with van der Waals surface area (Å²) in [5.41, 5.74) is 0.525. The molecule has 1 rings (SSSR count). The van der Waals surface area contributed by atoms with Gasteiger partial charge in [-0.3, -0.25) is 0 Å². The number of aromatic nitrogens is 1. The Morgan fingerprint density at radius 2 is 2.55 bits per heavy atom. The van der Waals surface area contributed by atoms with E-state index in [4.69, 9.17) is 5.11 Å². The van der Waals surface area contributed by atoms with Gasteiger partial charge in [0.05, 0.1) is 0 Å². The molecule has 0 bridgehead atoms. The first-order valence-corrected chi connectivity index (χ1v) is 3.85. The fourth-order valence-electron chi connectivity index (χ4n) is 0.560. The van der Waals surface area contributed by atoms with Crippen LogP contribution in [-0.4, -0.2) is 16.7 Å². The van der Waals surface area contributed by atoms with E-state index in [0.29, 0.717) is 10.7 Å². The Bertz CT molecular complexity index is 286. The third-order valence-electron chi connectivity index (χ3n) is 0.962. The van der Waals surface area contributed by atoms with Crippen molar-refractivity contribution in [1.82, 2.24) is 4.98 Å². The molecule has 0 amide bonds. The van der Waals surface area contributed by atoms with Crippen LogP contribution < -0.4 is 0 Å². The second kappa shape index (κ2) is 4.06. The molecule has 4 heteroatoms. The molecular weight excluding hydrogens is 165 g/mol. The van der Waals surface area contributed by atoms with Crippen LogP contribution in [0.25, 0.3) is 0 Å². The Morgan fingerprint density at radius 1 is 1.73 bits per heavy atom. The summed E-state index contributed by atoms with van der Waals surface area (Å²) in [6.07, 6.45) is 0. The van der Waals surface area contributed by atoms with Crippen LogP contribution in [0.5, 0.6) is 0 Å². The first kappa shape index (κ1) is 8.18. The van der Waals surface area contributed by atoms with E-state index in [2.05, 4.69) is 16.8 Å². The van der Waals surface area contributed by atoms with E-state index in [1.165, 1.54) is 11.3 Å². The Balaban J connectivity index is 2.72. The van der Waals surface area contributed by atoms with Gasteiger partial charge in [-0.05, 0) is 5.92 Å². The van der Waals surface area contributed by atoms with Crippen LogP contribution in [0.4, 0.5) is 4.39 Å². The van der Waals surface area contributed by atoms with Crippen molar-refractivity contribution >= 4 is 11.3 Å². The van der Waals surface area contributed by atoms with Gasteiger partial charge in [-0.25, -0.2) is 9.37 Å². The number of nitrogens with zero attached hydrogens (tertiary/aromatic N) is 1. The summed E-state index contributed by atoms with van der Waals surface area (Å²) in [5.74, 6) is 5.01. The van der Waals surface area contributed by atoms with Crippen molar-refractivity contribution in [1.29, 1.82) is 0 Å². The third-order valence-corrected chi connectivity index (χ3v) is 1.78. The predicted octanol–water partition coefficient (Wildman–Crippen LogP) is 0.956. The van der Waals surface area contributed by atoms with Crippen molar-refractivity contribution in [3.63, 3.8) is 0 Å². The van der Waals surface area contributed by atoms with Crippen LogP contribution >= 0.6 is 11.3 Å². The van der Waals surface area contributed by atoms with Gasteiger partial charge in [-0.2, -0.15) is 0 Å². The summed E-state index contributed by atoms with van der Waals surface area (Å²) >= 11 is 1.23. The van der Waals surface area contributed by atoms with Crippen molar-refractivity contribution in [3.05, 3.63) is 16.1 Å². The summed E-state index contributed by atoms with van der Waals surface area (Å²) in [6, 6.07) is 0. The van der Waals surface area contributed by atoms with E-state index >= 15 is 0 Å². The average molecular weight is 171 g/mol. The largest absolute Gasteiger partial charge is 0.384 e. The molecular formula is C7H6FNOS. The average Bonchev–Trinajstić information content (AvgIpc) is 2.48. The molecule has 0 aliphatic carbocycles. The van der Waals surface area contributed by atoms with Gasteiger partial charge in [0.15, 0.2) is 0 Å². The lowest BCUT2D eigenvalue weighted by molar-refractivity contribution is 0.350. The minimum atomic E-state index is -0.550. The summed E-state index contributed by atoms with van der Waals surface area (Å²) in [6.45, 7) is -0.742. The van der Waals surface area contributed by atoms with E-state index in [1.54, 1.807) is 5.38 Å². The number of halogens is 1. The van der Waals surface area contributed by atoms with E-state index in [1.807, 2.05) is 0 Å². The molecule has 11 heavy (non-hydrogen) atoms. The highest BCUT2D eigenvalue weighted by molar-refractivity contribution is 7.09. The van der Waals surface area contributed by atoms with Crippen LogP contribution in [0.1, 0.15) is 10.7 Å². The molecule has 0 fully saturated rings. The first-order chi connectivity index (χ1) is 5.36. The Labute approximate surface area is 67.7 Å². The summed E-state index contributed by atoms with van der Waals surface area (Å²) in [7, 11) is 0. The van der Waals surface area contributed by atoms with Crippen LogP contribution in [-0.2, 0) is 6.67 Å². The molecule has 1 N–H and O–H groups in total. The lowest BCUT2D eigenvalue weighted by atomic mass is 10.5. The fraction of sp³-hybridized carbons (Fsp3) is 0.286. The summed E-state index contributed by atoms with van der Waals surface area (Å²) in [4.78, 5) is 3.83. The van der Waals surface area contributed by atoms with E-state index < -0.39 is 6.67 Å². The van der Waals surface area contributed by atoms with Crippen molar-refractivity contribution in [2.24, 2.45) is 0 Å². The number of alkyl halides is 1. The van der Waals surface area contributed by atoms with Gasteiger partial charge in [0.2, 0.25) is 0 Å². The minimum absolute atomic E-state index is 0.192. The number of aliphatic hydroxyl groups excluding tert-OH is 1. The summed E-state index contributed by atoms with van der Waals surface area (Å²) in [5, 5.41) is 10.4. The molecule has 0 aromatic carbocycles. The standard InChI is InChI=1S/C7H6FNOS/c8-4-7-9-6(5-11-7)2-1-3-10/h5,10H,3-4H2. The van der Waals surface area contributed by atoms with Crippen molar-refractivity contribution < 1.29 is 9.50 Å². The second-order valence-electron chi connectivity index (χ2n) is 1.72. The van der Waals surface area contributed by atoms with Gasteiger partial charge in [0.1, 0.15) is 24.0 Å². The zero-order chi connectivity index (χ0) is 8.10. The van der Waals surface area contributed by atoms with E-state index in [0.717, 1.165) is 0 Å². The van der Waals surface area contributed by atoms with Crippen LogP contribution in [0.2, 0.25) is 0 Å². The van der Waals surface area contributed by atoms with E-state index in [-0.39, 0.29) is 6.61 Å². The molecule has 58 valence electrons. The maximum Gasteiger partial charge on any atom is 0.141 e. The zero-order valence-electron chi connectivity index (χ0n) is 5.67. The number of aliphatic hydroxyl groups is 1. The quantitative estimate of drug-likeness (QED) is 0.638. The smallest absolute Gasteiger partial charge is 0.141 e. The molecule has 1 aromatic heterocycles. The molecule has 0 atom stereocenters. The monoisotopic (exact) mass is 171 g/mol. The van der Waals surface area contributed by atoms with E-state index in [9.17, 15) is 4.39 Å². The van der Waals surface area contributed by atoms with Crippen LogP contribution in [0.15, 0.2) is 5.38 Å². The van der Waals surface area contributed by atoms with Gasteiger partial charge in [-0.1, -0.05) is 5.92 Å². The number of thiazole rings is 1. The van der Waals surface area contributed by atoms with Crippen molar-refractivity contribution in [2.75, 3.05) is 6.61 Å².